The maximum atomic E-state index is 13.7. The van der Waals surface area contributed by atoms with Gasteiger partial charge in [-0.2, -0.15) is 0 Å². The van der Waals surface area contributed by atoms with Gasteiger partial charge in [0.2, 0.25) is 0 Å². The zero-order valence-corrected chi connectivity index (χ0v) is 12.2. The topological polar surface area (TPSA) is 21.3 Å². The van der Waals surface area contributed by atoms with E-state index in [1.54, 1.807) is 19.2 Å². The van der Waals surface area contributed by atoms with Crippen LogP contribution in [0, 0.1) is 5.82 Å². The van der Waals surface area contributed by atoms with Crippen molar-refractivity contribution in [2.24, 2.45) is 0 Å². The van der Waals surface area contributed by atoms with Crippen molar-refractivity contribution in [1.82, 2.24) is 5.32 Å². The number of nitrogens with one attached hydrogen (secondary N) is 1. The first-order chi connectivity index (χ1) is 9.61. The highest BCUT2D eigenvalue weighted by Crippen LogP contribution is 2.21. The van der Waals surface area contributed by atoms with Gasteiger partial charge in [-0.05, 0) is 36.8 Å². The summed E-state index contributed by atoms with van der Waals surface area (Å²) in [5.41, 5.74) is 1.60. The summed E-state index contributed by atoms with van der Waals surface area (Å²) in [6.07, 6.45) is 0. The van der Waals surface area contributed by atoms with Crippen LogP contribution in [0.1, 0.15) is 24.1 Å². The summed E-state index contributed by atoms with van der Waals surface area (Å²) >= 11 is 6.00. The van der Waals surface area contributed by atoms with Crippen molar-refractivity contribution >= 4 is 11.6 Å². The highest BCUT2D eigenvalue weighted by atomic mass is 35.5. The van der Waals surface area contributed by atoms with E-state index in [0.29, 0.717) is 17.1 Å². The highest BCUT2D eigenvalue weighted by Gasteiger charge is 2.10. The quantitative estimate of drug-likeness (QED) is 0.885. The molecule has 2 aromatic rings. The van der Waals surface area contributed by atoms with Gasteiger partial charge in [-0.25, -0.2) is 4.39 Å². The molecule has 0 fully saturated rings. The van der Waals surface area contributed by atoms with Gasteiger partial charge < -0.3 is 10.1 Å². The maximum absolute atomic E-state index is 13.7. The molecule has 2 rings (SSSR count). The van der Waals surface area contributed by atoms with Gasteiger partial charge in [-0.15, -0.1) is 0 Å². The molecule has 0 aliphatic heterocycles. The molecule has 0 saturated heterocycles. The van der Waals surface area contributed by atoms with Crippen molar-refractivity contribution in [3.8, 4) is 5.75 Å². The average molecular weight is 294 g/mol. The molecule has 0 aliphatic carbocycles. The Hall–Kier alpha value is -1.58. The molecule has 0 bridgehead atoms. The van der Waals surface area contributed by atoms with Crippen LogP contribution in [0.3, 0.4) is 0 Å². The Morgan fingerprint density at radius 3 is 2.50 bits per heavy atom. The van der Waals surface area contributed by atoms with E-state index < -0.39 is 0 Å². The van der Waals surface area contributed by atoms with Crippen LogP contribution < -0.4 is 10.1 Å². The van der Waals surface area contributed by atoms with Crippen molar-refractivity contribution in [2.45, 2.75) is 19.5 Å². The Balaban J connectivity index is 2.02. The number of hydrogen-bond donors (Lipinski definition) is 1. The molecule has 106 valence electrons. The minimum Gasteiger partial charge on any atom is -0.497 e. The van der Waals surface area contributed by atoms with Crippen LogP contribution in [0.15, 0.2) is 42.5 Å². The maximum Gasteiger partial charge on any atom is 0.129 e. The number of halogens is 2. The predicted octanol–water partition coefficient (Wildman–Crippen LogP) is 4.34. The van der Waals surface area contributed by atoms with Gasteiger partial charge in [0.05, 0.1) is 7.11 Å². The molecule has 1 unspecified atom stereocenters. The van der Waals surface area contributed by atoms with Crippen LogP contribution in [-0.4, -0.2) is 7.11 Å². The molecule has 0 aliphatic rings. The molecule has 0 saturated carbocycles. The first kappa shape index (κ1) is 14.8. The van der Waals surface area contributed by atoms with Crippen molar-refractivity contribution < 1.29 is 9.13 Å². The SMILES string of the molecule is COc1ccc(C(C)NCc2c(F)cccc2Cl)cc1. The molecule has 1 atom stereocenters. The van der Waals surface area contributed by atoms with E-state index in [0.717, 1.165) is 11.3 Å². The summed E-state index contributed by atoms with van der Waals surface area (Å²) in [5, 5.41) is 3.71. The summed E-state index contributed by atoms with van der Waals surface area (Å²) < 4.78 is 18.8. The molecule has 0 aromatic heterocycles. The number of methoxy groups -OCH3 is 1. The van der Waals surface area contributed by atoms with E-state index in [4.69, 9.17) is 16.3 Å². The smallest absolute Gasteiger partial charge is 0.129 e. The minimum atomic E-state index is -0.285. The van der Waals surface area contributed by atoms with E-state index in [2.05, 4.69) is 5.32 Å². The Labute approximate surface area is 123 Å². The minimum absolute atomic E-state index is 0.0941. The normalized spacial score (nSPS) is 12.2. The molecule has 20 heavy (non-hydrogen) atoms. The van der Waals surface area contributed by atoms with E-state index in [-0.39, 0.29) is 11.9 Å². The molecule has 0 spiro atoms. The van der Waals surface area contributed by atoms with E-state index in [9.17, 15) is 4.39 Å². The molecule has 0 radical (unpaired) electrons. The van der Waals surface area contributed by atoms with E-state index in [1.807, 2.05) is 31.2 Å². The Morgan fingerprint density at radius 1 is 1.20 bits per heavy atom. The van der Waals surface area contributed by atoms with Gasteiger partial charge in [0.15, 0.2) is 0 Å². The fourth-order valence-corrected chi connectivity index (χ4v) is 2.20. The van der Waals surface area contributed by atoms with Crippen LogP contribution in [0.2, 0.25) is 5.02 Å². The average Bonchev–Trinajstić information content (AvgIpc) is 2.46. The van der Waals surface area contributed by atoms with Gasteiger partial charge >= 0.3 is 0 Å². The third kappa shape index (κ3) is 3.50. The second-order valence-electron chi connectivity index (χ2n) is 4.58. The lowest BCUT2D eigenvalue weighted by Crippen LogP contribution is -2.19. The fourth-order valence-electron chi connectivity index (χ4n) is 1.97. The lowest BCUT2D eigenvalue weighted by Gasteiger charge is -2.15. The zero-order valence-electron chi connectivity index (χ0n) is 11.5. The van der Waals surface area contributed by atoms with Gasteiger partial charge in [-0.1, -0.05) is 29.8 Å². The number of ether oxygens (including phenoxy) is 1. The van der Waals surface area contributed by atoms with Crippen LogP contribution in [0.5, 0.6) is 5.75 Å². The molecule has 4 heteroatoms. The van der Waals surface area contributed by atoms with Gasteiger partial charge in [0.25, 0.3) is 0 Å². The molecular weight excluding hydrogens is 277 g/mol. The lowest BCUT2D eigenvalue weighted by atomic mass is 10.1. The number of benzene rings is 2. The summed E-state index contributed by atoms with van der Waals surface area (Å²) in [5.74, 6) is 0.532. The Morgan fingerprint density at radius 2 is 1.90 bits per heavy atom. The summed E-state index contributed by atoms with van der Waals surface area (Å²) in [7, 11) is 1.64. The molecule has 1 N–H and O–H groups in total. The third-order valence-corrected chi connectivity index (χ3v) is 3.62. The Bertz CT molecular complexity index is 551. The second-order valence-corrected chi connectivity index (χ2v) is 4.98. The molecule has 0 amide bonds. The van der Waals surface area contributed by atoms with Crippen LogP contribution in [-0.2, 0) is 6.54 Å². The van der Waals surface area contributed by atoms with Crippen LogP contribution >= 0.6 is 11.6 Å². The molecule has 0 heterocycles. The molecular formula is C16H17ClFNO. The fraction of sp³-hybridized carbons (Fsp3) is 0.250. The summed E-state index contributed by atoms with van der Waals surface area (Å²) in [6, 6.07) is 12.6. The van der Waals surface area contributed by atoms with Crippen molar-refractivity contribution in [1.29, 1.82) is 0 Å². The lowest BCUT2D eigenvalue weighted by molar-refractivity contribution is 0.414. The van der Waals surface area contributed by atoms with Gasteiger partial charge in [0, 0.05) is 23.2 Å². The largest absolute Gasteiger partial charge is 0.497 e. The first-order valence-electron chi connectivity index (χ1n) is 6.42. The van der Waals surface area contributed by atoms with Crippen molar-refractivity contribution in [3.63, 3.8) is 0 Å². The van der Waals surface area contributed by atoms with E-state index >= 15 is 0 Å². The second kappa shape index (κ2) is 6.73. The standard InChI is InChI=1S/C16H17ClFNO/c1-11(12-6-8-13(20-2)9-7-12)19-10-14-15(17)4-3-5-16(14)18/h3-9,11,19H,10H2,1-2H3. The monoisotopic (exact) mass is 293 g/mol. The Kier molecular flexibility index (Phi) is 4.99. The van der Waals surface area contributed by atoms with Crippen molar-refractivity contribution in [2.75, 3.05) is 7.11 Å². The van der Waals surface area contributed by atoms with Gasteiger partial charge in [0.1, 0.15) is 11.6 Å². The predicted molar refractivity (Wildman–Crippen MR) is 79.7 cm³/mol. The summed E-state index contributed by atoms with van der Waals surface area (Å²) in [4.78, 5) is 0. The summed E-state index contributed by atoms with van der Waals surface area (Å²) in [6.45, 7) is 2.41. The zero-order chi connectivity index (χ0) is 14.5. The van der Waals surface area contributed by atoms with Crippen LogP contribution in [0.4, 0.5) is 4.39 Å². The number of hydrogen-bond acceptors (Lipinski definition) is 2. The molecule has 2 aromatic carbocycles. The van der Waals surface area contributed by atoms with E-state index in [1.165, 1.54) is 6.07 Å². The van der Waals surface area contributed by atoms with Gasteiger partial charge in [-0.3, -0.25) is 0 Å². The van der Waals surface area contributed by atoms with Crippen molar-refractivity contribution in [3.05, 3.63) is 64.4 Å². The molecule has 2 nitrogen and oxygen atoms in total. The van der Waals surface area contributed by atoms with Crippen LogP contribution in [0.25, 0.3) is 0 Å². The first-order valence-corrected chi connectivity index (χ1v) is 6.80. The highest BCUT2D eigenvalue weighted by molar-refractivity contribution is 6.31. The third-order valence-electron chi connectivity index (χ3n) is 3.26. The number of rotatable bonds is 5.